The molecule has 7 heteroatoms. The van der Waals surface area contributed by atoms with Gasteiger partial charge in [0.2, 0.25) is 5.88 Å². The van der Waals surface area contributed by atoms with Gasteiger partial charge in [-0.1, -0.05) is 23.2 Å². The summed E-state index contributed by atoms with van der Waals surface area (Å²) >= 11 is 13.2. The largest absolute Gasteiger partial charge is 0.435 e. The third-order valence-corrected chi connectivity index (χ3v) is 3.76. The molecule has 0 saturated heterocycles. The third kappa shape index (κ3) is 2.20. The Balaban J connectivity index is 2.05. The molecule has 2 aromatic heterocycles. The van der Waals surface area contributed by atoms with Gasteiger partial charge in [0.15, 0.2) is 16.9 Å². The average molecular weight is 313 g/mol. The van der Waals surface area contributed by atoms with E-state index in [2.05, 4.69) is 4.98 Å². The van der Waals surface area contributed by atoms with Crippen LogP contribution >= 0.6 is 34.5 Å². The van der Waals surface area contributed by atoms with E-state index in [1.165, 1.54) is 11.3 Å². The minimum atomic E-state index is 0.228. The number of nitrogens with zero attached hydrogens (tertiary/aromatic N) is 2. The fourth-order valence-electron chi connectivity index (χ4n) is 1.63. The van der Waals surface area contributed by atoms with Crippen LogP contribution in [0.5, 0.6) is 11.6 Å². The highest BCUT2D eigenvalue weighted by atomic mass is 35.5. The van der Waals surface area contributed by atoms with Crippen molar-refractivity contribution in [3.63, 3.8) is 0 Å². The highest BCUT2D eigenvalue weighted by molar-refractivity contribution is 7.15. The molecule has 0 aliphatic heterocycles. The second-order valence-electron chi connectivity index (χ2n) is 3.65. The van der Waals surface area contributed by atoms with E-state index < -0.39 is 0 Å². The molecule has 3 rings (SSSR count). The molecule has 0 aliphatic carbocycles. The van der Waals surface area contributed by atoms with E-state index in [1.54, 1.807) is 28.8 Å². The number of hydrogen-bond acceptors (Lipinski definition) is 4. The zero-order valence-corrected chi connectivity index (χ0v) is 11.7. The first-order valence-electron chi connectivity index (χ1n) is 5.22. The standard InChI is InChI=1S/C12H6Cl2N2O2S/c13-7-1-2-10(8(14)5-7)18-11-9(6-17)16-3-4-19-12(16)15-11/h1-6H. The molecule has 1 aromatic carbocycles. The number of benzene rings is 1. The number of aromatic nitrogens is 2. The van der Waals surface area contributed by atoms with Gasteiger partial charge in [0.05, 0.1) is 5.02 Å². The smallest absolute Gasteiger partial charge is 0.250 e. The van der Waals surface area contributed by atoms with E-state index in [0.29, 0.717) is 32.7 Å². The molecule has 19 heavy (non-hydrogen) atoms. The van der Waals surface area contributed by atoms with Crippen LogP contribution in [0.1, 0.15) is 10.5 Å². The van der Waals surface area contributed by atoms with Gasteiger partial charge in [-0.2, -0.15) is 4.98 Å². The van der Waals surface area contributed by atoms with Crippen molar-refractivity contribution >= 4 is 45.8 Å². The summed E-state index contributed by atoms with van der Waals surface area (Å²) in [6.07, 6.45) is 2.46. The predicted octanol–water partition coefficient (Wildman–Crippen LogP) is 4.31. The molecule has 0 amide bonds. The molecular weight excluding hydrogens is 307 g/mol. The molecule has 0 radical (unpaired) electrons. The Morgan fingerprint density at radius 3 is 2.95 bits per heavy atom. The van der Waals surface area contributed by atoms with Gasteiger partial charge in [-0.05, 0) is 18.2 Å². The Hall–Kier alpha value is -1.56. The summed E-state index contributed by atoms with van der Waals surface area (Å²) < 4.78 is 7.25. The lowest BCUT2D eigenvalue weighted by Gasteiger charge is -2.05. The number of halogens is 2. The third-order valence-electron chi connectivity index (χ3n) is 2.48. The maximum Gasteiger partial charge on any atom is 0.250 e. The van der Waals surface area contributed by atoms with E-state index in [0.717, 1.165) is 0 Å². The first-order valence-corrected chi connectivity index (χ1v) is 6.86. The highest BCUT2D eigenvalue weighted by Crippen LogP contribution is 2.33. The van der Waals surface area contributed by atoms with Crippen molar-refractivity contribution in [2.24, 2.45) is 0 Å². The van der Waals surface area contributed by atoms with Crippen LogP contribution in [0, 0.1) is 0 Å². The maximum absolute atomic E-state index is 11.1. The lowest BCUT2D eigenvalue weighted by molar-refractivity contribution is 0.111. The zero-order chi connectivity index (χ0) is 13.4. The minimum Gasteiger partial charge on any atom is -0.435 e. The molecule has 96 valence electrons. The van der Waals surface area contributed by atoms with Crippen molar-refractivity contribution in [3.8, 4) is 11.6 Å². The second kappa shape index (κ2) is 4.85. The number of fused-ring (bicyclic) bond motifs is 1. The van der Waals surface area contributed by atoms with Crippen LogP contribution in [-0.4, -0.2) is 15.7 Å². The van der Waals surface area contributed by atoms with Crippen molar-refractivity contribution in [1.29, 1.82) is 0 Å². The molecule has 0 aliphatic rings. The molecular formula is C12H6Cl2N2O2S. The second-order valence-corrected chi connectivity index (χ2v) is 5.37. The van der Waals surface area contributed by atoms with Gasteiger partial charge in [-0.15, -0.1) is 11.3 Å². The molecule has 0 N–H and O–H groups in total. The summed E-state index contributed by atoms with van der Waals surface area (Å²) in [5.41, 5.74) is 0.349. The number of thiazole rings is 1. The van der Waals surface area contributed by atoms with Crippen molar-refractivity contribution in [1.82, 2.24) is 9.38 Å². The Bertz CT molecular complexity index is 766. The molecule has 2 heterocycles. The van der Waals surface area contributed by atoms with Crippen LogP contribution in [0.25, 0.3) is 4.96 Å². The van der Waals surface area contributed by atoms with Crippen LogP contribution in [0.4, 0.5) is 0 Å². The molecule has 0 bridgehead atoms. The number of rotatable bonds is 3. The summed E-state index contributed by atoms with van der Waals surface area (Å²) in [5, 5.41) is 2.72. The number of carbonyl (C=O) groups excluding carboxylic acids is 1. The Labute approximate surface area is 122 Å². The van der Waals surface area contributed by atoms with Gasteiger partial charge in [0.1, 0.15) is 5.75 Å². The SMILES string of the molecule is O=Cc1c(Oc2ccc(Cl)cc2Cl)nc2sccn12. The number of aldehydes is 1. The number of imidazole rings is 1. The van der Waals surface area contributed by atoms with E-state index in [-0.39, 0.29) is 5.88 Å². The van der Waals surface area contributed by atoms with E-state index in [9.17, 15) is 4.79 Å². The van der Waals surface area contributed by atoms with Gasteiger partial charge < -0.3 is 4.74 Å². The first-order chi connectivity index (χ1) is 9.19. The summed E-state index contributed by atoms with van der Waals surface area (Å²) in [5.74, 6) is 0.631. The van der Waals surface area contributed by atoms with Gasteiger partial charge in [0.25, 0.3) is 0 Å². The van der Waals surface area contributed by atoms with Crippen LogP contribution in [0.3, 0.4) is 0 Å². The molecule has 0 atom stereocenters. The Morgan fingerprint density at radius 2 is 2.21 bits per heavy atom. The van der Waals surface area contributed by atoms with E-state index >= 15 is 0 Å². The normalized spacial score (nSPS) is 10.8. The van der Waals surface area contributed by atoms with Gasteiger partial charge in [-0.3, -0.25) is 9.20 Å². The highest BCUT2D eigenvalue weighted by Gasteiger charge is 2.15. The summed E-state index contributed by atoms with van der Waals surface area (Å²) in [7, 11) is 0. The maximum atomic E-state index is 11.1. The molecule has 0 spiro atoms. The van der Waals surface area contributed by atoms with Crippen LogP contribution in [0.15, 0.2) is 29.8 Å². The molecule has 0 fully saturated rings. The van der Waals surface area contributed by atoms with Gasteiger partial charge in [0, 0.05) is 16.6 Å². The Morgan fingerprint density at radius 1 is 1.37 bits per heavy atom. The van der Waals surface area contributed by atoms with Crippen LogP contribution in [0.2, 0.25) is 10.0 Å². The first kappa shape index (κ1) is 12.5. The molecule has 3 aromatic rings. The quantitative estimate of drug-likeness (QED) is 0.677. The van der Waals surface area contributed by atoms with E-state index in [4.69, 9.17) is 27.9 Å². The topological polar surface area (TPSA) is 43.6 Å². The molecule has 0 saturated carbocycles. The number of hydrogen-bond donors (Lipinski definition) is 0. The lowest BCUT2D eigenvalue weighted by atomic mass is 10.3. The average Bonchev–Trinajstić information content (AvgIpc) is 2.92. The predicted molar refractivity (Wildman–Crippen MR) is 75.0 cm³/mol. The molecule has 4 nitrogen and oxygen atoms in total. The summed E-state index contributed by atoms with van der Waals surface area (Å²) in [6.45, 7) is 0. The molecule has 0 unspecified atom stereocenters. The van der Waals surface area contributed by atoms with E-state index in [1.807, 2.05) is 5.38 Å². The van der Waals surface area contributed by atoms with Crippen molar-refractivity contribution in [2.75, 3.05) is 0 Å². The van der Waals surface area contributed by atoms with Gasteiger partial charge >= 0.3 is 0 Å². The lowest BCUT2D eigenvalue weighted by Crippen LogP contribution is -1.92. The fourth-order valence-corrected chi connectivity index (χ4v) is 2.79. The Kier molecular flexibility index (Phi) is 3.18. The van der Waals surface area contributed by atoms with Crippen LogP contribution in [-0.2, 0) is 0 Å². The number of ether oxygens (including phenoxy) is 1. The zero-order valence-electron chi connectivity index (χ0n) is 9.34. The van der Waals surface area contributed by atoms with Crippen molar-refractivity contribution < 1.29 is 9.53 Å². The van der Waals surface area contributed by atoms with Crippen molar-refractivity contribution in [3.05, 3.63) is 45.5 Å². The van der Waals surface area contributed by atoms with Crippen molar-refractivity contribution in [2.45, 2.75) is 0 Å². The monoisotopic (exact) mass is 312 g/mol. The van der Waals surface area contributed by atoms with Crippen LogP contribution < -0.4 is 4.74 Å². The van der Waals surface area contributed by atoms with Gasteiger partial charge in [-0.25, -0.2) is 0 Å². The number of carbonyl (C=O) groups is 1. The summed E-state index contributed by atoms with van der Waals surface area (Å²) in [4.78, 5) is 16.1. The minimum absolute atomic E-state index is 0.228. The summed E-state index contributed by atoms with van der Waals surface area (Å²) in [6, 6.07) is 4.85. The fraction of sp³-hybridized carbons (Fsp3) is 0.